The fourth-order valence-electron chi connectivity index (χ4n) is 2.19. The predicted molar refractivity (Wildman–Crippen MR) is 71.5 cm³/mol. The van der Waals surface area contributed by atoms with E-state index in [2.05, 4.69) is 4.98 Å². The molecule has 9 nitrogen and oxygen atoms in total. The highest BCUT2D eigenvalue weighted by Gasteiger charge is 2.45. The smallest absolute Gasteiger partial charge is 0.351 e. The molecular weight excluding hydrogens is 282 g/mol. The van der Waals surface area contributed by atoms with Gasteiger partial charge in [-0.3, -0.25) is 4.57 Å². The first-order valence-corrected chi connectivity index (χ1v) is 6.48. The highest BCUT2D eigenvalue weighted by molar-refractivity contribution is 5.23. The zero-order valence-corrected chi connectivity index (χ0v) is 11.6. The van der Waals surface area contributed by atoms with Gasteiger partial charge in [-0.1, -0.05) is 0 Å². The van der Waals surface area contributed by atoms with E-state index in [4.69, 9.17) is 19.9 Å². The fraction of sp³-hybridized carbons (Fsp3) is 0.667. The summed E-state index contributed by atoms with van der Waals surface area (Å²) in [6.45, 7) is 0.234. The average Bonchev–Trinajstić information content (AvgIpc) is 2.76. The molecule has 0 radical (unpaired) electrons. The first-order chi connectivity index (χ1) is 10.1. The Morgan fingerprint density at radius 3 is 2.90 bits per heavy atom. The molecule has 4 N–H and O–H groups in total. The van der Waals surface area contributed by atoms with E-state index in [9.17, 15) is 15.0 Å². The summed E-state index contributed by atoms with van der Waals surface area (Å²) in [7, 11) is 1.52. The lowest BCUT2D eigenvalue weighted by Gasteiger charge is -2.19. The second kappa shape index (κ2) is 6.96. The molecule has 1 aliphatic heterocycles. The molecule has 0 bridgehead atoms. The van der Waals surface area contributed by atoms with Crippen molar-refractivity contribution >= 4 is 5.82 Å². The zero-order valence-electron chi connectivity index (χ0n) is 11.6. The molecule has 1 aliphatic rings. The third kappa shape index (κ3) is 3.39. The molecule has 0 aliphatic carbocycles. The Bertz CT molecular complexity index is 522. The Balaban J connectivity index is 2.16. The van der Waals surface area contributed by atoms with Gasteiger partial charge in [-0.25, -0.2) is 4.79 Å². The molecule has 2 heterocycles. The van der Waals surface area contributed by atoms with Gasteiger partial charge in [-0.15, -0.1) is 0 Å². The Labute approximate surface area is 120 Å². The Hall–Kier alpha value is -1.52. The van der Waals surface area contributed by atoms with Crippen molar-refractivity contribution in [1.29, 1.82) is 0 Å². The minimum absolute atomic E-state index is 0.0790. The molecule has 0 amide bonds. The Morgan fingerprint density at radius 1 is 1.52 bits per heavy atom. The van der Waals surface area contributed by atoms with Gasteiger partial charge < -0.3 is 30.2 Å². The summed E-state index contributed by atoms with van der Waals surface area (Å²) in [6.07, 6.45) is -2.24. The molecule has 1 aromatic heterocycles. The van der Waals surface area contributed by atoms with Gasteiger partial charge in [-0.05, 0) is 6.07 Å². The van der Waals surface area contributed by atoms with Gasteiger partial charge in [0.15, 0.2) is 6.23 Å². The fourth-order valence-corrected chi connectivity index (χ4v) is 2.19. The molecule has 1 aromatic rings. The van der Waals surface area contributed by atoms with E-state index in [1.807, 2.05) is 0 Å². The number of nitrogen functional groups attached to an aromatic ring is 1. The van der Waals surface area contributed by atoms with Gasteiger partial charge in [-0.2, -0.15) is 4.98 Å². The molecule has 1 fully saturated rings. The van der Waals surface area contributed by atoms with E-state index in [1.165, 1.54) is 19.4 Å². The molecule has 9 heteroatoms. The average molecular weight is 301 g/mol. The second-order valence-electron chi connectivity index (χ2n) is 4.61. The van der Waals surface area contributed by atoms with E-state index in [-0.39, 0.29) is 19.0 Å². The molecular formula is C12H19N3O6. The maximum atomic E-state index is 11.8. The first kappa shape index (κ1) is 15.9. The minimum Gasteiger partial charge on any atom is -0.394 e. The lowest BCUT2D eigenvalue weighted by atomic mass is 10.1. The highest BCUT2D eigenvalue weighted by Crippen LogP contribution is 2.30. The van der Waals surface area contributed by atoms with Crippen molar-refractivity contribution < 1.29 is 24.4 Å². The monoisotopic (exact) mass is 301 g/mol. The number of nitrogens with two attached hydrogens (primary N) is 1. The van der Waals surface area contributed by atoms with Gasteiger partial charge >= 0.3 is 5.69 Å². The van der Waals surface area contributed by atoms with Crippen LogP contribution >= 0.6 is 0 Å². The van der Waals surface area contributed by atoms with Crippen LogP contribution in [-0.4, -0.2) is 65.0 Å². The van der Waals surface area contributed by atoms with E-state index in [0.29, 0.717) is 6.61 Å². The number of ether oxygens (including phenoxy) is 3. The number of hydrogen-bond acceptors (Lipinski definition) is 8. The number of aliphatic hydroxyl groups excluding tert-OH is 2. The van der Waals surface area contributed by atoms with E-state index in [1.54, 1.807) is 0 Å². The third-order valence-electron chi connectivity index (χ3n) is 3.21. The number of aliphatic hydroxyl groups is 2. The molecule has 0 aromatic carbocycles. The van der Waals surface area contributed by atoms with Gasteiger partial charge in [0.2, 0.25) is 0 Å². The van der Waals surface area contributed by atoms with Crippen molar-refractivity contribution in [3.63, 3.8) is 0 Å². The zero-order chi connectivity index (χ0) is 15.4. The largest absolute Gasteiger partial charge is 0.394 e. The number of rotatable bonds is 6. The number of aromatic nitrogens is 2. The summed E-state index contributed by atoms with van der Waals surface area (Å²) in [4.78, 5) is 15.4. The third-order valence-corrected chi connectivity index (χ3v) is 3.21. The predicted octanol–water partition coefficient (Wildman–Crippen LogP) is -1.89. The standard InChI is InChI=1S/C12H19N3O6/c1-19-4-5-20-10-7(6-16)21-11(9(10)17)15-3-2-8(13)14-12(15)18/h2-3,7,9-11,16-17H,4-6H2,1H3,(H2,13,14,18)/t7-,9-,10-,11-/m1/s1. The van der Waals surface area contributed by atoms with E-state index < -0.39 is 30.2 Å². The number of anilines is 1. The molecule has 4 atom stereocenters. The summed E-state index contributed by atoms with van der Waals surface area (Å²) in [5, 5.41) is 19.6. The van der Waals surface area contributed by atoms with Crippen LogP contribution in [-0.2, 0) is 14.2 Å². The molecule has 118 valence electrons. The quantitative estimate of drug-likeness (QED) is 0.520. The maximum absolute atomic E-state index is 11.8. The van der Waals surface area contributed by atoms with Crippen LogP contribution in [0.3, 0.4) is 0 Å². The van der Waals surface area contributed by atoms with Crippen molar-refractivity contribution in [3.05, 3.63) is 22.7 Å². The first-order valence-electron chi connectivity index (χ1n) is 6.48. The van der Waals surface area contributed by atoms with Gasteiger partial charge in [0.05, 0.1) is 19.8 Å². The topological polar surface area (TPSA) is 129 Å². The molecule has 0 spiro atoms. The number of methoxy groups -OCH3 is 1. The van der Waals surface area contributed by atoms with Crippen LogP contribution in [0.25, 0.3) is 0 Å². The lowest BCUT2D eigenvalue weighted by molar-refractivity contribution is -0.0685. The van der Waals surface area contributed by atoms with Gasteiger partial charge in [0.1, 0.15) is 24.1 Å². The van der Waals surface area contributed by atoms with Crippen molar-refractivity contribution in [2.45, 2.75) is 24.5 Å². The minimum atomic E-state index is -1.12. The van der Waals surface area contributed by atoms with Crippen molar-refractivity contribution in [1.82, 2.24) is 9.55 Å². The van der Waals surface area contributed by atoms with Gasteiger partial charge in [0.25, 0.3) is 0 Å². The normalized spacial score (nSPS) is 28.9. The van der Waals surface area contributed by atoms with Gasteiger partial charge in [0, 0.05) is 13.3 Å². The van der Waals surface area contributed by atoms with Crippen molar-refractivity contribution in [2.24, 2.45) is 0 Å². The second-order valence-corrected chi connectivity index (χ2v) is 4.61. The van der Waals surface area contributed by atoms with Crippen molar-refractivity contribution in [2.75, 3.05) is 32.7 Å². The van der Waals surface area contributed by atoms with Crippen molar-refractivity contribution in [3.8, 4) is 0 Å². The van der Waals surface area contributed by atoms with E-state index >= 15 is 0 Å². The Morgan fingerprint density at radius 2 is 2.29 bits per heavy atom. The van der Waals surface area contributed by atoms with Crippen LogP contribution in [0.2, 0.25) is 0 Å². The number of nitrogens with zero attached hydrogens (tertiary/aromatic N) is 2. The van der Waals surface area contributed by atoms with Crippen LogP contribution in [0, 0.1) is 0 Å². The van der Waals surface area contributed by atoms with Crippen LogP contribution in [0.15, 0.2) is 17.1 Å². The lowest BCUT2D eigenvalue weighted by Crippen LogP contribution is -2.38. The molecule has 21 heavy (non-hydrogen) atoms. The molecule has 0 saturated carbocycles. The molecule has 2 rings (SSSR count). The highest BCUT2D eigenvalue weighted by atomic mass is 16.6. The van der Waals surface area contributed by atoms with Crippen LogP contribution < -0.4 is 11.4 Å². The Kier molecular flexibility index (Phi) is 5.26. The number of hydrogen-bond donors (Lipinski definition) is 3. The summed E-state index contributed by atoms with van der Waals surface area (Å²) in [5.41, 5.74) is 4.77. The SMILES string of the molecule is COCCO[C@H]1[C@@H](O)[C@H](n2ccc(N)nc2=O)O[C@@H]1CO. The molecule has 1 saturated heterocycles. The summed E-state index contributed by atoms with van der Waals surface area (Å²) < 4.78 is 16.9. The summed E-state index contributed by atoms with van der Waals surface area (Å²) in [6, 6.07) is 1.42. The molecule has 0 unspecified atom stereocenters. The maximum Gasteiger partial charge on any atom is 0.351 e. The van der Waals surface area contributed by atoms with Crippen LogP contribution in [0.5, 0.6) is 0 Å². The van der Waals surface area contributed by atoms with E-state index in [0.717, 1.165) is 4.57 Å². The summed E-state index contributed by atoms with van der Waals surface area (Å²) in [5.74, 6) is 0.0790. The van der Waals surface area contributed by atoms with Crippen LogP contribution in [0.4, 0.5) is 5.82 Å². The van der Waals surface area contributed by atoms with Crippen LogP contribution in [0.1, 0.15) is 6.23 Å². The summed E-state index contributed by atoms with van der Waals surface area (Å²) >= 11 is 0.